The standard InChI is InChI=1S/C27H34Cl2NO4.2Rh/c1-5-18(6-2)34-26(33)23(27-10-15-7-16(11-27)9-17(8-15)12-27)30-24(31)19-13(3)14(4)21(28)22(29)20(19)25(30)32;;/h15-17,23,26,33H,5-12H2,1-4H3;;/q-1;;/t15?,16?,17?,23-,26?,27?;;/m1../s1. The predicted octanol–water partition coefficient (Wildman–Crippen LogP) is 6.47. The number of aliphatic hydroxyl groups is 1. The molecule has 1 aromatic carbocycles. The van der Waals surface area contributed by atoms with Crippen molar-refractivity contribution in [3.05, 3.63) is 38.4 Å². The van der Waals surface area contributed by atoms with Crippen molar-refractivity contribution in [2.45, 2.75) is 91.4 Å². The molecule has 9 heteroatoms. The molecule has 0 spiro atoms. The van der Waals surface area contributed by atoms with Gasteiger partial charge in [0, 0.05) is 39.0 Å². The first-order valence-electron chi connectivity index (χ1n) is 12.7. The van der Waals surface area contributed by atoms with Crippen molar-refractivity contribution in [2.24, 2.45) is 23.2 Å². The second-order valence-corrected chi connectivity index (χ2v) is 11.8. The number of hydrogen-bond acceptors (Lipinski definition) is 4. The summed E-state index contributed by atoms with van der Waals surface area (Å²) in [5.41, 5.74) is 1.50. The first kappa shape index (κ1) is 30.6. The smallest absolute Gasteiger partial charge is 0.263 e. The van der Waals surface area contributed by atoms with Crippen LogP contribution in [-0.2, 0) is 43.7 Å². The Morgan fingerprint density at radius 1 is 0.917 bits per heavy atom. The summed E-state index contributed by atoms with van der Waals surface area (Å²) >= 11 is 13.0. The van der Waals surface area contributed by atoms with E-state index in [-0.39, 0.29) is 55.0 Å². The largest absolute Gasteiger partial charge is 0.525 e. The maximum absolute atomic E-state index is 13.9. The number of imide groups is 1. The molecule has 6 rings (SSSR count). The zero-order valence-corrected chi connectivity index (χ0v) is 25.9. The summed E-state index contributed by atoms with van der Waals surface area (Å²) in [6.07, 6.45) is 7.22. The SMILES string of the molecule is CC[C-](CC)OC(O)[C@@H](N1C(=O)c2c(C)c(C)c(Cl)c(Cl)c2C1=O)C12CC3CC(CC(C3)C1)C2.[Rh].[Rh]. The molecule has 2 radical (unpaired) electrons. The van der Waals surface area contributed by atoms with E-state index in [1.807, 2.05) is 20.8 Å². The minimum Gasteiger partial charge on any atom is -0.525 e. The zero-order chi connectivity index (χ0) is 24.5. The molecule has 1 unspecified atom stereocenters. The van der Waals surface area contributed by atoms with Crippen molar-refractivity contribution in [3.8, 4) is 0 Å². The van der Waals surface area contributed by atoms with Gasteiger partial charge in [0.1, 0.15) is 6.29 Å². The third-order valence-corrected chi connectivity index (χ3v) is 10.1. The van der Waals surface area contributed by atoms with Gasteiger partial charge in [-0.3, -0.25) is 14.5 Å². The molecule has 2 atom stereocenters. The number of fused-ring (bicyclic) bond motifs is 1. The molecule has 4 saturated carbocycles. The van der Waals surface area contributed by atoms with Gasteiger partial charge in [-0.05, 0) is 86.7 Å². The van der Waals surface area contributed by atoms with Gasteiger partial charge in [0.05, 0.1) is 27.2 Å². The Kier molecular flexibility index (Phi) is 9.62. The second kappa shape index (κ2) is 11.3. The van der Waals surface area contributed by atoms with E-state index in [0.717, 1.165) is 25.4 Å². The van der Waals surface area contributed by atoms with Crippen molar-refractivity contribution >= 4 is 35.0 Å². The van der Waals surface area contributed by atoms with Crippen LogP contribution in [0.15, 0.2) is 0 Å². The van der Waals surface area contributed by atoms with Gasteiger partial charge in [0.25, 0.3) is 11.8 Å². The van der Waals surface area contributed by atoms with Crippen LogP contribution in [0.25, 0.3) is 0 Å². The van der Waals surface area contributed by atoms with Crippen LogP contribution in [0, 0.1) is 43.1 Å². The Hall–Kier alpha value is 0.107. The van der Waals surface area contributed by atoms with Crippen LogP contribution in [0.4, 0.5) is 0 Å². The van der Waals surface area contributed by atoms with E-state index in [9.17, 15) is 14.7 Å². The number of aliphatic hydroxyl groups excluding tert-OH is 1. The van der Waals surface area contributed by atoms with Crippen molar-refractivity contribution in [2.75, 3.05) is 0 Å². The van der Waals surface area contributed by atoms with Gasteiger partial charge < -0.3 is 9.84 Å². The molecule has 5 aliphatic rings. The maximum atomic E-state index is 13.9. The van der Waals surface area contributed by atoms with Gasteiger partial charge in [-0.1, -0.05) is 37.0 Å². The van der Waals surface area contributed by atoms with Crippen LogP contribution in [0.5, 0.6) is 0 Å². The van der Waals surface area contributed by atoms with Crippen molar-refractivity contribution in [1.82, 2.24) is 4.90 Å². The number of rotatable bonds is 7. The number of benzene rings is 1. The van der Waals surface area contributed by atoms with E-state index in [1.54, 1.807) is 6.92 Å². The van der Waals surface area contributed by atoms with Crippen LogP contribution >= 0.6 is 23.2 Å². The normalized spacial score (nSPS) is 29.8. The van der Waals surface area contributed by atoms with Crippen LogP contribution in [-0.4, -0.2) is 34.2 Å². The molecule has 1 aliphatic heterocycles. The summed E-state index contributed by atoms with van der Waals surface area (Å²) < 4.78 is 6.08. The van der Waals surface area contributed by atoms with Gasteiger partial charge in [-0.25, -0.2) is 0 Å². The van der Waals surface area contributed by atoms with E-state index in [2.05, 4.69) is 0 Å². The van der Waals surface area contributed by atoms with Gasteiger partial charge in [-0.2, -0.15) is 18.9 Å². The fourth-order valence-corrected chi connectivity index (χ4v) is 8.43. The Bertz CT molecular complexity index is 963. The molecule has 36 heavy (non-hydrogen) atoms. The van der Waals surface area contributed by atoms with Crippen LogP contribution < -0.4 is 0 Å². The third-order valence-electron chi connectivity index (χ3n) is 9.13. The maximum Gasteiger partial charge on any atom is 0.263 e. The predicted molar refractivity (Wildman–Crippen MR) is 132 cm³/mol. The first-order valence-corrected chi connectivity index (χ1v) is 13.4. The van der Waals surface area contributed by atoms with E-state index in [1.165, 1.54) is 24.2 Å². The average molecular weight is 713 g/mol. The number of carbonyl (C=O) groups is 2. The Labute approximate surface area is 249 Å². The molecule has 1 heterocycles. The minimum absolute atomic E-state index is 0. The minimum atomic E-state index is -1.27. The van der Waals surface area contributed by atoms with Crippen molar-refractivity contribution in [3.63, 3.8) is 0 Å². The number of ether oxygens (including phenoxy) is 1. The number of hydrogen-bond donors (Lipinski definition) is 1. The Balaban J connectivity index is 0.00000180. The molecule has 204 valence electrons. The molecular weight excluding hydrogens is 679 g/mol. The van der Waals surface area contributed by atoms with Crippen LogP contribution in [0.3, 0.4) is 0 Å². The first-order chi connectivity index (χ1) is 16.1. The number of nitrogens with zero attached hydrogens (tertiary/aromatic N) is 1. The van der Waals surface area contributed by atoms with Gasteiger partial charge in [0.15, 0.2) is 0 Å². The Morgan fingerprint density at radius 2 is 1.39 bits per heavy atom. The molecule has 1 N–H and O–H groups in total. The molecule has 2 amide bonds. The molecule has 1 aromatic rings. The average Bonchev–Trinajstić information content (AvgIpc) is 3.04. The van der Waals surface area contributed by atoms with Crippen LogP contribution in [0.1, 0.15) is 97.1 Å². The molecule has 4 bridgehead atoms. The van der Waals surface area contributed by atoms with Crippen LogP contribution in [0.2, 0.25) is 10.0 Å². The molecule has 0 aromatic heterocycles. The third kappa shape index (κ3) is 4.71. The summed E-state index contributed by atoms with van der Waals surface area (Å²) in [7, 11) is 0. The fourth-order valence-electron chi connectivity index (χ4n) is 7.87. The summed E-state index contributed by atoms with van der Waals surface area (Å²) in [6, 6.07) is -0.754. The van der Waals surface area contributed by atoms with Crippen molar-refractivity contribution in [1.29, 1.82) is 0 Å². The molecule has 0 saturated heterocycles. The Morgan fingerprint density at radius 3 is 1.86 bits per heavy atom. The van der Waals surface area contributed by atoms with Gasteiger partial charge in [0.2, 0.25) is 0 Å². The number of amides is 2. The van der Waals surface area contributed by atoms with Crippen molar-refractivity contribution < 1.29 is 58.4 Å². The second-order valence-electron chi connectivity index (χ2n) is 11.1. The quantitative estimate of drug-likeness (QED) is 0.152. The molecule has 5 nitrogen and oxygen atoms in total. The van der Waals surface area contributed by atoms with E-state index in [4.69, 9.17) is 27.9 Å². The summed E-state index contributed by atoms with van der Waals surface area (Å²) in [5.74, 6) is 0.891. The zero-order valence-electron chi connectivity index (χ0n) is 21.1. The van der Waals surface area contributed by atoms with E-state index < -0.39 is 24.1 Å². The number of carbonyl (C=O) groups excluding carboxylic acids is 2. The van der Waals surface area contributed by atoms with E-state index >= 15 is 0 Å². The van der Waals surface area contributed by atoms with Gasteiger partial charge in [-0.15, -0.1) is 0 Å². The summed E-state index contributed by atoms with van der Waals surface area (Å²) in [5, 5.41) is 12.0. The number of halogens is 2. The summed E-state index contributed by atoms with van der Waals surface area (Å²) in [4.78, 5) is 29.1. The topological polar surface area (TPSA) is 66.8 Å². The fraction of sp³-hybridized carbons (Fsp3) is 0.667. The van der Waals surface area contributed by atoms with Gasteiger partial charge >= 0.3 is 0 Å². The summed E-state index contributed by atoms with van der Waals surface area (Å²) in [6.45, 7) is 7.59. The molecule has 4 aliphatic carbocycles. The van der Waals surface area contributed by atoms with E-state index in [0.29, 0.717) is 52.3 Å². The molecule has 4 fully saturated rings. The molecular formula is C27H34Cl2NO4Rh2-. The monoisotopic (exact) mass is 712 g/mol.